The van der Waals surface area contributed by atoms with Crippen molar-refractivity contribution in [1.29, 1.82) is 0 Å². The van der Waals surface area contributed by atoms with E-state index in [1.54, 1.807) is 0 Å². The maximum Gasteiger partial charge on any atom is 0.317 e. The first kappa shape index (κ1) is 19.9. The van der Waals surface area contributed by atoms with E-state index in [1.807, 2.05) is 23.8 Å². The number of carbonyl (C=O) groups excluding carboxylic acids is 1. The minimum Gasteiger partial charge on any atom is -0.480 e. The SMILES string of the molecule is CCN(CC(=O)O)C1CC(NC(=O)N2CC[C@@H](N(C)CCO)[C@H]2C)C1. The third-order valence-corrected chi connectivity index (χ3v) is 5.70. The molecule has 8 nitrogen and oxygen atoms in total. The molecule has 1 aliphatic heterocycles. The lowest BCUT2D eigenvalue weighted by atomic mass is 9.85. The minimum absolute atomic E-state index is 0.0304. The van der Waals surface area contributed by atoms with Crippen LogP contribution >= 0.6 is 0 Å². The molecule has 1 aliphatic carbocycles. The van der Waals surface area contributed by atoms with Crippen molar-refractivity contribution in [2.75, 3.05) is 39.8 Å². The number of nitrogens with zero attached hydrogens (tertiary/aromatic N) is 3. The van der Waals surface area contributed by atoms with E-state index in [0.717, 1.165) is 25.8 Å². The Balaban J connectivity index is 1.77. The van der Waals surface area contributed by atoms with Crippen LogP contribution in [-0.2, 0) is 4.79 Å². The number of aliphatic hydroxyl groups is 1. The third kappa shape index (κ3) is 4.83. The Bertz CT molecular complexity index is 470. The maximum absolute atomic E-state index is 12.5. The van der Waals surface area contributed by atoms with E-state index in [9.17, 15) is 9.59 Å². The summed E-state index contributed by atoms with van der Waals surface area (Å²) in [6.07, 6.45) is 2.53. The van der Waals surface area contributed by atoms with Gasteiger partial charge in [0.05, 0.1) is 13.2 Å². The van der Waals surface area contributed by atoms with Crippen molar-refractivity contribution in [1.82, 2.24) is 20.0 Å². The number of hydrogen-bond acceptors (Lipinski definition) is 5. The van der Waals surface area contributed by atoms with Crippen molar-refractivity contribution in [3.05, 3.63) is 0 Å². The number of carboxylic acid groups (broad SMARTS) is 1. The molecule has 0 spiro atoms. The van der Waals surface area contributed by atoms with Crippen molar-refractivity contribution in [3.63, 3.8) is 0 Å². The fraction of sp³-hybridized carbons (Fsp3) is 0.882. The normalized spacial score (nSPS) is 29.1. The molecule has 0 aromatic heterocycles. The van der Waals surface area contributed by atoms with Crippen LogP contribution in [0.4, 0.5) is 4.79 Å². The van der Waals surface area contributed by atoms with Gasteiger partial charge in [0.1, 0.15) is 0 Å². The van der Waals surface area contributed by atoms with Crippen molar-refractivity contribution >= 4 is 12.0 Å². The molecular formula is C17H32N4O4. The molecule has 8 heteroatoms. The number of amides is 2. The van der Waals surface area contributed by atoms with Crippen molar-refractivity contribution < 1.29 is 19.8 Å². The second-order valence-corrected chi connectivity index (χ2v) is 7.22. The first-order chi connectivity index (χ1) is 11.9. The molecule has 2 fully saturated rings. The Morgan fingerprint density at radius 2 is 2.00 bits per heavy atom. The summed E-state index contributed by atoms with van der Waals surface area (Å²) in [5, 5.41) is 21.1. The van der Waals surface area contributed by atoms with Crippen LogP contribution in [0, 0.1) is 0 Å². The lowest BCUT2D eigenvalue weighted by Crippen LogP contribution is -2.57. The van der Waals surface area contributed by atoms with Crippen LogP contribution in [-0.4, -0.2) is 101 Å². The Morgan fingerprint density at radius 3 is 2.56 bits per heavy atom. The Morgan fingerprint density at radius 1 is 1.32 bits per heavy atom. The van der Waals surface area contributed by atoms with Gasteiger partial charge in [-0.2, -0.15) is 0 Å². The number of carbonyl (C=O) groups is 2. The Kier molecular flexibility index (Phi) is 7.04. The van der Waals surface area contributed by atoms with Crippen LogP contribution in [0.5, 0.6) is 0 Å². The third-order valence-electron chi connectivity index (χ3n) is 5.70. The van der Waals surface area contributed by atoms with Crippen molar-refractivity contribution in [2.24, 2.45) is 0 Å². The second-order valence-electron chi connectivity index (χ2n) is 7.22. The topological polar surface area (TPSA) is 96.4 Å². The zero-order valence-corrected chi connectivity index (χ0v) is 15.5. The zero-order chi connectivity index (χ0) is 18.6. The number of aliphatic hydroxyl groups excluding tert-OH is 1. The summed E-state index contributed by atoms with van der Waals surface area (Å²) in [5.41, 5.74) is 0. The standard InChI is InChI=1S/C17H32N4O4/c1-4-20(11-16(23)24)14-9-13(10-14)18-17(25)21-6-5-15(12(21)2)19(3)7-8-22/h12-15,22H,4-11H2,1-3H3,(H,18,25)(H,23,24)/t12-,13?,14?,15-/m1/s1. The van der Waals surface area contributed by atoms with E-state index in [2.05, 4.69) is 17.1 Å². The van der Waals surface area contributed by atoms with Crippen LogP contribution in [0.15, 0.2) is 0 Å². The summed E-state index contributed by atoms with van der Waals surface area (Å²) in [7, 11) is 1.98. The molecule has 0 unspecified atom stereocenters. The van der Waals surface area contributed by atoms with E-state index >= 15 is 0 Å². The van der Waals surface area contributed by atoms with E-state index in [0.29, 0.717) is 13.1 Å². The van der Waals surface area contributed by atoms with E-state index in [4.69, 9.17) is 10.2 Å². The van der Waals surface area contributed by atoms with Gasteiger partial charge in [0.15, 0.2) is 0 Å². The van der Waals surface area contributed by atoms with Crippen LogP contribution in [0.1, 0.15) is 33.1 Å². The van der Waals surface area contributed by atoms with E-state index in [1.165, 1.54) is 0 Å². The van der Waals surface area contributed by atoms with E-state index in [-0.39, 0.29) is 43.4 Å². The maximum atomic E-state index is 12.5. The molecular weight excluding hydrogens is 324 g/mol. The molecule has 144 valence electrons. The molecule has 2 amide bonds. The van der Waals surface area contributed by atoms with Gasteiger partial charge in [-0.3, -0.25) is 14.6 Å². The van der Waals surface area contributed by atoms with E-state index < -0.39 is 5.97 Å². The average Bonchev–Trinajstić information content (AvgIpc) is 2.90. The average molecular weight is 356 g/mol. The lowest BCUT2D eigenvalue weighted by molar-refractivity contribution is -0.139. The number of rotatable bonds is 8. The van der Waals surface area contributed by atoms with Crippen LogP contribution in [0.2, 0.25) is 0 Å². The molecule has 0 aromatic rings. The highest BCUT2D eigenvalue weighted by atomic mass is 16.4. The van der Waals surface area contributed by atoms with Gasteiger partial charge >= 0.3 is 12.0 Å². The fourth-order valence-electron chi connectivity index (χ4n) is 4.06. The number of urea groups is 1. The van der Waals surface area contributed by atoms with Gasteiger partial charge in [-0.1, -0.05) is 6.92 Å². The van der Waals surface area contributed by atoms with Gasteiger partial charge in [0.2, 0.25) is 0 Å². The number of likely N-dealkylation sites (tertiary alicyclic amines) is 1. The highest BCUT2D eigenvalue weighted by Gasteiger charge is 2.39. The number of carboxylic acids is 1. The second kappa shape index (κ2) is 8.82. The van der Waals surface area contributed by atoms with Gasteiger partial charge in [0.25, 0.3) is 0 Å². The Labute approximate surface area is 149 Å². The Hall–Kier alpha value is -1.38. The summed E-state index contributed by atoms with van der Waals surface area (Å²) < 4.78 is 0. The number of aliphatic carboxylic acids is 1. The number of hydrogen-bond donors (Lipinski definition) is 3. The molecule has 0 radical (unpaired) electrons. The molecule has 0 aromatic carbocycles. The quantitative estimate of drug-likeness (QED) is 0.567. The molecule has 3 N–H and O–H groups in total. The highest BCUT2D eigenvalue weighted by Crippen LogP contribution is 2.27. The molecule has 2 atom stereocenters. The zero-order valence-electron chi connectivity index (χ0n) is 15.5. The molecule has 1 saturated carbocycles. The smallest absolute Gasteiger partial charge is 0.317 e. The first-order valence-corrected chi connectivity index (χ1v) is 9.21. The number of likely N-dealkylation sites (N-methyl/N-ethyl adjacent to an activating group) is 2. The lowest BCUT2D eigenvalue weighted by Gasteiger charge is -2.43. The summed E-state index contributed by atoms with van der Waals surface area (Å²) in [6, 6.07) is 0.731. The van der Waals surface area contributed by atoms with Gasteiger partial charge in [-0.05, 0) is 39.8 Å². The summed E-state index contributed by atoms with van der Waals surface area (Å²) in [5.74, 6) is -0.807. The van der Waals surface area contributed by atoms with Crippen LogP contribution < -0.4 is 5.32 Å². The molecule has 1 saturated heterocycles. The summed E-state index contributed by atoms with van der Waals surface area (Å²) in [6.45, 7) is 6.25. The molecule has 25 heavy (non-hydrogen) atoms. The predicted molar refractivity (Wildman–Crippen MR) is 94.5 cm³/mol. The van der Waals surface area contributed by atoms with Gasteiger partial charge in [-0.25, -0.2) is 4.79 Å². The van der Waals surface area contributed by atoms with Gasteiger partial charge < -0.3 is 20.4 Å². The first-order valence-electron chi connectivity index (χ1n) is 9.21. The van der Waals surface area contributed by atoms with Crippen LogP contribution in [0.25, 0.3) is 0 Å². The largest absolute Gasteiger partial charge is 0.480 e. The summed E-state index contributed by atoms with van der Waals surface area (Å²) in [4.78, 5) is 29.4. The molecule has 1 heterocycles. The predicted octanol–water partition coefficient (Wildman–Crippen LogP) is 0.0204. The monoisotopic (exact) mass is 356 g/mol. The van der Waals surface area contributed by atoms with Crippen LogP contribution in [0.3, 0.4) is 0 Å². The molecule has 2 rings (SSSR count). The molecule has 2 aliphatic rings. The van der Waals surface area contributed by atoms with Crippen molar-refractivity contribution in [2.45, 2.75) is 57.3 Å². The highest BCUT2D eigenvalue weighted by molar-refractivity contribution is 5.75. The fourth-order valence-corrected chi connectivity index (χ4v) is 4.06. The van der Waals surface area contributed by atoms with Gasteiger partial charge in [0, 0.05) is 37.3 Å². The number of nitrogens with one attached hydrogen (secondary N) is 1. The van der Waals surface area contributed by atoms with Gasteiger partial charge in [-0.15, -0.1) is 0 Å². The van der Waals surface area contributed by atoms with Crippen molar-refractivity contribution in [3.8, 4) is 0 Å². The molecule has 0 bridgehead atoms. The minimum atomic E-state index is -0.807. The summed E-state index contributed by atoms with van der Waals surface area (Å²) >= 11 is 0.